The van der Waals surface area contributed by atoms with Crippen molar-refractivity contribution in [3.63, 3.8) is 0 Å². The lowest BCUT2D eigenvalue weighted by molar-refractivity contribution is -0.134. The zero-order valence-electron chi connectivity index (χ0n) is 16.5. The van der Waals surface area contributed by atoms with Crippen molar-refractivity contribution in [1.82, 2.24) is 24.8 Å². The predicted octanol–water partition coefficient (Wildman–Crippen LogP) is 0.711. The number of aliphatic carboxylic acids is 2. The number of fused-ring (bicyclic) bond motifs is 1. The molecule has 0 amide bonds. The second kappa shape index (κ2) is 11.6. The van der Waals surface area contributed by atoms with Gasteiger partial charge in [-0.3, -0.25) is 4.57 Å². The molecule has 1 unspecified atom stereocenters. The van der Waals surface area contributed by atoms with Gasteiger partial charge in [-0.25, -0.2) is 14.6 Å². The second-order valence-electron chi connectivity index (χ2n) is 5.88. The van der Waals surface area contributed by atoms with Crippen LogP contribution in [0.3, 0.4) is 0 Å². The number of carboxylic acids is 2. The molecule has 12 nitrogen and oxygen atoms in total. The third kappa shape index (κ3) is 6.50. The number of aromatic nitrogens is 4. The third-order valence-corrected chi connectivity index (χ3v) is 4.98. The summed E-state index contributed by atoms with van der Waals surface area (Å²) in [6.07, 6.45) is 2.85. The molecule has 0 saturated carbocycles. The van der Waals surface area contributed by atoms with Crippen LogP contribution in [0.5, 0.6) is 6.01 Å². The van der Waals surface area contributed by atoms with Gasteiger partial charge in [0.05, 0.1) is 17.5 Å². The van der Waals surface area contributed by atoms with Crippen molar-refractivity contribution in [2.45, 2.75) is 17.7 Å². The number of imidazole rings is 1. The fourth-order valence-corrected chi connectivity index (χ4v) is 3.39. The number of nitrogens with one attached hydrogen (secondary N) is 1. The Kier molecular flexibility index (Phi) is 9.19. The topological polar surface area (TPSA) is 152 Å². The highest BCUT2D eigenvalue weighted by Crippen LogP contribution is 2.28. The van der Waals surface area contributed by atoms with Crippen LogP contribution in [0.25, 0.3) is 11.2 Å². The molecule has 2 aromatic heterocycles. The summed E-state index contributed by atoms with van der Waals surface area (Å²) < 4.78 is 12.9. The van der Waals surface area contributed by atoms with E-state index in [4.69, 9.17) is 19.7 Å². The van der Waals surface area contributed by atoms with Gasteiger partial charge in [-0.2, -0.15) is 9.97 Å². The van der Waals surface area contributed by atoms with E-state index in [2.05, 4.69) is 47.8 Å². The van der Waals surface area contributed by atoms with Crippen molar-refractivity contribution in [1.29, 1.82) is 0 Å². The maximum atomic E-state index is 9.55. The van der Waals surface area contributed by atoms with Gasteiger partial charge in [-0.05, 0) is 6.92 Å². The summed E-state index contributed by atoms with van der Waals surface area (Å²) in [5.74, 6) is -1.70. The van der Waals surface area contributed by atoms with E-state index in [-0.39, 0.29) is 0 Å². The predicted molar refractivity (Wildman–Crippen MR) is 116 cm³/mol. The largest absolute Gasteiger partial charge is 0.478 e. The van der Waals surface area contributed by atoms with E-state index < -0.39 is 11.9 Å². The summed E-state index contributed by atoms with van der Waals surface area (Å²) in [4.78, 5) is 34.8. The fraction of sp³-hybridized carbons (Fsp3) is 0.471. The van der Waals surface area contributed by atoms with Crippen LogP contribution in [0.1, 0.15) is 6.92 Å². The minimum atomic E-state index is -1.26. The number of hydrogen-bond acceptors (Lipinski definition) is 9. The van der Waals surface area contributed by atoms with E-state index in [0.29, 0.717) is 35.5 Å². The Balaban J connectivity index is 0.000000343. The van der Waals surface area contributed by atoms with Crippen LogP contribution >= 0.6 is 22.6 Å². The first-order chi connectivity index (χ1) is 14.4. The van der Waals surface area contributed by atoms with Gasteiger partial charge >= 0.3 is 17.9 Å². The average Bonchev–Trinajstić information content (AvgIpc) is 3.14. The molecule has 3 rings (SSSR count). The first-order valence-electron chi connectivity index (χ1n) is 8.97. The summed E-state index contributed by atoms with van der Waals surface area (Å²) in [6.45, 7) is 5.73. The van der Waals surface area contributed by atoms with Crippen molar-refractivity contribution >= 4 is 51.5 Å². The molecule has 0 aromatic carbocycles. The van der Waals surface area contributed by atoms with E-state index in [1.807, 2.05) is 11.5 Å². The number of carboxylic acid groups (broad SMARTS) is 2. The molecule has 3 heterocycles. The highest BCUT2D eigenvalue weighted by Gasteiger charge is 2.25. The molecule has 2 aromatic rings. The van der Waals surface area contributed by atoms with Gasteiger partial charge in [-0.15, -0.1) is 0 Å². The summed E-state index contributed by atoms with van der Waals surface area (Å²) >= 11 is 2.41. The van der Waals surface area contributed by atoms with E-state index in [0.717, 1.165) is 36.6 Å². The lowest BCUT2D eigenvalue weighted by Gasteiger charge is -2.33. The molecule has 1 aliphatic rings. The van der Waals surface area contributed by atoms with Crippen molar-refractivity contribution in [2.24, 2.45) is 0 Å². The Morgan fingerprint density at radius 3 is 2.60 bits per heavy atom. The standard InChI is InChI=1S/C13H19IN6O2.C4H4O4/c1-3-22-8-19-7-16-10-11(19)17-13(21-2)18-12(10)20-5-4-15-6-9(20)14;5-3(6)1-2-4(7)8/h7,9,15H,3-6,8H2,1-2H3;1-2H,(H,5,6)(H,7,8). The molecule has 3 N–H and O–H groups in total. The molecule has 1 saturated heterocycles. The third-order valence-electron chi connectivity index (χ3n) is 3.86. The molecule has 1 fully saturated rings. The monoisotopic (exact) mass is 534 g/mol. The van der Waals surface area contributed by atoms with Crippen molar-refractivity contribution < 1.29 is 29.3 Å². The number of rotatable bonds is 7. The van der Waals surface area contributed by atoms with Crippen molar-refractivity contribution in [2.75, 3.05) is 38.3 Å². The normalized spacial score (nSPS) is 16.4. The minimum absolute atomic E-state index is 0.311. The van der Waals surface area contributed by atoms with Crippen LogP contribution in [-0.2, 0) is 21.1 Å². The number of halogens is 1. The zero-order valence-corrected chi connectivity index (χ0v) is 18.6. The first-order valence-corrected chi connectivity index (χ1v) is 10.2. The zero-order chi connectivity index (χ0) is 22.1. The van der Waals surface area contributed by atoms with Gasteiger partial charge in [0.15, 0.2) is 17.0 Å². The van der Waals surface area contributed by atoms with E-state index in [1.165, 1.54) is 0 Å². The van der Waals surface area contributed by atoms with Crippen LogP contribution in [0.15, 0.2) is 18.5 Å². The molecule has 0 bridgehead atoms. The molecule has 0 radical (unpaired) electrons. The lowest BCUT2D eigenvalue weighted by atomic mass is 10.3. The van der Waals surface area contributed by atoms with E-state index >= 15 is 0 Å². The summed E-state index contributed by atoms with van der Waals surface area (Å²) in [5.41, 5.74) is 1.52. The van der Waals surface area contributed by atoms with Gasteiger partial charge < -0.3 is 29.9 Å². The maximum Gasteiger partial charge on any atom is 0.328 e. The van der Waals surface area contributed by atoms with Crippen LogP contribution in [0.2, 0.25) is 0 Å². The molecule has 164 valence electrons. The number of anilines is 1. The smallest absolute Gasteiger partial charge is 0.328 e. The molecule has 13 heteroatoms. The number of hydrogen-bond donors (Lipinski definition) is 3. The lowest BCUT2D eigenvalue weighted by Crippen LogP contribution is -2.48. The van der Waals surface area contributed by atoms with Crippen LogP contribution in [0.4, 0.5) is 5.82 Å². The highest BCUT2D eigenvalue weighted by molar-refractivity contribution is 14.1. The Morgan fingerprint density at radius 1 is 1.33 bits per heavy atom. The minimum Gasteiger partial charge on any atom is -0.478 e. The van der Waals surface area contributed by atoms with Crippen molar-refractivity contribution in [3.05, 3.63) is 18.5 Å². The molecular formula is C17H23IN6O6. The Bertz CT molecular complexity index is 888. The Morgan fingerprint density at radius 2 is 2.03 bits per heavy atom. The molecule has 0 aliphatic carbocycles. The number of nitrogens with zero attached hydrogens (tertiary/aromatic N) is 5. The van der Waals surface area contributed by atoms with Gasteiger partial charge in [-0.1, -0.05) is 22.6 Å². The first kappa shape index (κ1) is 23.8. The summed E-state index contributed by atoms with van der Waals surface area (Å²) in [6, 6.07) is 0.350. The number of methoxy groups -OCH3 is 1. The molecule has 1 atom stereocenters. The summed E-state index contributed by atoms with van der Waals surface area (Å²) in [5, 5.41) is 19.0. The number of piperazine rings is 1. The average molecular weight is 534 g/mol. The Hall–Kier alpha value is -2.52. The van der Waals surface area contributed by atoms with Crippen LogP contribution in [0, 0.1) is 0 Å². The second-order valence-corrected chi connectivity index (χ2v) is 7.32. The SMILES string of the molecule is CCOCn1cnc2c(N3CCNCC3I)nc(OC)nc21.O=C(O)C=CC(=O)O. The molecule has 1 aliphatic heterocycles. The number of alkyl halides is 1. The van der Waals surface area contributed by atoms with Gasteiger partial charge in [0.1, 0.15) is 6.73 Å². The molecule has 30 heavy (non-hydrogen) atoms. The van der Waals surface area contributed by atoms with Crippen molar-refractivity contribution in [3.8, 4) is 6.01 Å². The van der Waals surface area contributed by atoms with Gasteiger partial charge in [0.25, 0.3) is 0 Å². The number of ether oxygens (including phenoxy) is 2. The summed E-state index contributed by atoms with van der Waals surface area (Å²) in [7, 11) is 1.58. The number of carbonyl (C=O) groups is 2. The van der Waals surface area contributed by atoms with E-state index in [9.17, 15) is 9.59 Å². The van der Waals surface area contributed by atoms with E-state index in [1.54, 1.807) is 13.4 Å². The van der Waals surface area contributed by atoms with Crippen LogP contribution < -0.4 is 15.0 Å². The molecule has 0 spiro atoms. The Labute approximate surface area is 186 Å². The fourth-order valence-electron chi connectivity index (χ4n) is 2.54. The van der Waals surface area contributed by atoms with Gasteiger partial charge in [0.2, 0.25) is 0 Å². The van der Waals surface area contributed by atoms with Crippen LogP contribution in [-0.4, -0.2) is 79.1 Å². The quantitative estimate of drug-likeness (QED) is 0.199. The van der Waals surface area contributed by atoms with Gasteiger partial charge in [0, 0.05) is 38.4 Å². The maximum absolute atomic E-state index is 9.55. The highest BCUT2D eigenvalue weighted by atomic mass is 127. The molecular weight excluding hydrogens is 511 g/mol.